The standard InChI is InChI=1S/C15H20FN3OS/c1-18-15(20)11-3-2-4-19(9-11)8-10-5-12(14(17)21)7-13(16)6-10/h5-7,11H,2-4,8-9H2,1H3,(H2,17,21)(H,18,20). The second-order valence-corrected chi connectivity index (χ2v) is 5.84. The minimum atomic E-state index is -0.338. The van der Waals surface area contributed by atoms with E-state index in [9.17, 15) is 9.18 Å². The summed E-state index contributed by atoms with van der Waals surface area (Å²) in [7, 11) is 1.66. The number of hydrogen-bond donors (Lipinski definition) is 2. The Balaban J connectivity index is 2.07. The third-order valence-electron chi connectivity index (χ3n) is 3.77. The van der Waals surface area contributed by atoms with Crippen LogP contribution in [0.5, 0.6) is 0 Å². The maximum absolute atomic E-state index is 13.6. The first-order chi connectivity index (χ1) is 9.99. The van der Waals surface area contributed by atoms with Crippen LogP contribution in [-0.2, 0) is 11.3 Å². The number of nitrogens with two attached hydrogens (primary N) is 1. The number of amides is 1. The van der Waals surface area contributed by atoms with Gasteiger partial charge in [0.25, 0.3) is 0 Å². The molecule has 6 heteroatoms. The summed E-state index contributed by atoms with van der Waals surface area (Å²) in [6.07, 6.45) is 1.87. The monoisotopic (exact) mass is 309 g/mol. The van der Waals surface area contributed by atoms with E-state index in [0.717, 1.165) is 24.9 Å². The van der Waals surface area contributed by atoms with Crippen molar-refractivity contribution in [3.63, 3.8) is 0 Å². The SMILES string of the molecule is CNC(=O)C1CCCN(Cc2cc(F)cc(C(N)=S)c2)C1. The number of carbonyl (C=O) groups excluding carboxylic acids is 1. The van der Waals surface area contributed by atoms with Gasteiger partial charge in [-0.3, -0.25) is 9.69 Å². The van der Waals surface area contributed by atoms with Crippen LogP contribution in [0.25, 0.3) is 0 Å². The predicted molar refractivity (Wildman–Crippen MR) is 84.4 cm³/mol. The molecule has 1 atom stereocenters. The normalized spacial score (nSPS) is 19.2. The van der Waals surface area contributed by atoms with Crippen LogP contribution in [0.1, 0.15) is 24.0 Å². The van der Waals surface area contributed by atoms with E-state index in [2.05, 4.69) is 10.2 Å². The molecule has 114 valence electrons. The molecule has 0 saturated carbocycles. The number of nitrogens with zero attached hydrogens (tertiary/aromatic N) is 1. The highest BCUT2D eigenvalue weighted by Crippen LogP contribution is 2.19. The zero-order chi connectivity index (χ0) is 15.4. The first-order valence-electron chi connectivity index (χ1n) is 7.03. The van der Waals surface area contributed by atoms with Crippen LogP contribution in [0.3, 0.4) is 0 Å². The molecule has 1 aromatic rings. The summed E-state index contributed by atoms with van der Waals surface area (Å²) < 4.78 is 13.6. The van der Waals surface area contributed by atoms with E-state index in [4.69, 9.17) is 18.0 Å². The Bertz CT molecular complexity index is 550. The molecule has 21 heavy (non-hydrogen) atoms. The third kappa shape index (κ3) is 4.22. The number of hydrogen-bond acceptors (Lipinski definition) is 3. The number of likely N-dealkylation sites (tertiary alicyclic amines) is 1. The lowest BCUT2D eigenvalue weighted by molar-refractivity contribution is -0.126. The second-order valence-electron chi connectivity index (χ2n) is 5.40. The number of nitrogens with one attached hydrogen (secondary N) is 1. The summed E-state index contributed by atoms with van der Waals surface area (Å²) in [5.41, 5.74) is 6.93. The van der Waals surface area contributed by atoms with Gasteiger partial charge in [-0.15, -0.1) is 0 Å². The fraction of sp³-hybridized carbons (Fsp3) is 0.467. The van der Waals surface area contributed by atoms with Gasteiger partial charge in [0.05, 0.1) is 5.92 Å². The second kappa shape index (κ2) is 6.95. The van der Waals surface area contributed by atoms with Crippen molar-refractivity contribution in [3.05, 3.63) is 35.1 Å². The summed E-state index contributed by atoms with van der Waals surface area (Å²) >= 11 is 4.90. The highest BCUT2D eigenvalue weighted by molar-refractivity contribution is 7.80. The molecule has 2 rings (SSSR count). The van der Waals surface area contributed by atoms with Crippen LogP contribution in [0, 0.1) is 11.7 Å². The number of piperidine rings is 1. The molecule has 1 aliphatic rings. The van der Waals surface area contributed by atoms with E-state index in [1.807, 2.05) is 6.07 Å². The van der Waals surface area contributed by atoms with Crippen LogP contribution < -0.4 is 11.1 Å². The quantitative estimate of drug-likeness (QED) is 0.826. The van der Waals surface area contributed by atoms with Crippen molar-refractivity contribution in [1.82, 2.24) is 10.2 Å². The van der Waals surface area contributed by atoms with Gasteiger partial charge in [-0.25, -0.2) is 4.39 Å². The summed E-state index contributed by atoms with van der Waals surface area (Å²) in [5.74, 6) is -0.259. The Hall–Kier alpha value is -1.53. The van der Waals surface area contributed by atoms with E-state index in [1.165, 1.54) is 12.1 Å². The van der Waals surface area contributed by atoms with Crippen LogP contribution in [0.2, 0.25) is 0 Å². The van der Waals surface area contributed by atoms with Gasteiger partial charge >= 0.3 is 0 Å². The van der Waals surface area contributed by atoms with Crippen LogP contribution >= 0.6 is 12.2 Å². The molecule has 0 bridgehead atoms. The molecule has 1 aromatic carbocycles. The van der Waals surface area contributed by atoms with Gasteiger partial charge in [0.15, 0.2) is 0 Å². The molecule has 1 fully saturated rings. The summed E-state index contributed by atoms with van der Waals surface area (Å²) in [4.78, 5) is 14.1. The lowest BCUT2D eigenvalue weighted by atomic mass is 9.96. The van der Waals surface area contributed by atoms with Gasteiger partial charge in [-0.05, 0) is 43.1 Å². The number of carbonyl (C=O) groups is 1. The van der Waals surface area contributed by atoms with Crippen molar-refractivity contribution < 1.29 is 9.18 Å². The fourth-order valence-corrected chi connectivity index (χ4v) is 2.88. The van der Waals surface area contributed by atoms with Crippen molar-refractivity contribution in [1.29, 1.82) is 0 Å². The molecule has 0 aromatic heterocycles. The Morgan fingerprint density at radius 1 is 1.52 bits per heavy atom. The molecule has 1 unspecified atom stereocenters. The zero-order valence-corrected chi connectivity index (χ0v) is 12.9. The molecule has 1 saturated heterocycles. The average Bonchev–Trinajstić information content (AvgIpc) is 2.46. The van der Waals surface area contributed by atoms with Crippen molar-refractivity contribution in [3.8, 4) is 0 Å². The molecule has 3 N–H and O–H groups in total. The molecule has 1 amide bonds. The minimum Gasteiger partial charge on any atom is -0.389 e. The molecular weight excluding hydrogens is 289 g/mol. The zero-order valence-electron chi connectivity index (χ0n) is 12.1. The van der Waals surface area contributed by atoms with E-state index in [-0.39, 0.29) is 22.6 Å². The number of halogens is 1. The molecule has 0 radical (unpaired) electrons. The Labute approximate surface area is 129 Å². The van der Waals surface area contributed by atoms with E-state index in [1.54, 1.807) is 7.05 Å². The van der Waals surface area contributed by atoms with Crippen molar-refractivity contribution in [2.75, 3.05) is 20.1 Å². The largest absolute Gasteiger partial charge is 0.389 e. The number of thiocarbonyl (C=S) groups is 1. The molecule has 4 nitrogen and oxygen atoms in total. The van der Waals surface area contributed by atoms with Gasteiger partial charge in [-0.2, -0.15) is 0 Å². The fourth-order valence-electron chi connectivity index (χ4n) is 2.76. The molecular formula is C15H20FN3OS. The molecule has 0 aliphatic carbocycles. The predicted octanol–water partition coefficient (Wildman–Crippen LogP) is 1.42. The van der Waals surface area contributed by atoms with Crippen molar-refractivity contribution in [2.24, 2.45) is 11.7 Å². The van der Waals surface area contributed by atoms with Crippen molar-refractivity contribution >= 4 is 23.1 Å². The summed E-state index contributed by atoms with van der Waals surface area (Å²) in [5, 5.41) is 2.69. The smallest absolute Gasteiger partial charge is 0.224 e. The van der Waals surface area contributed by atoms with Crippen molar-refractivity contribution in [2.45, 2.75) is 19.4 Å². The number of benzene rings is 1. The highest BCUT2D eigenvalue weighted by atomic mass is 32.1. The maximum Gasteiger partial charge on any atom is 0.224 e. The lowest BCUT2D eigenvalue weighted by Gasteiger charge is -2.31. The molecule has 1 heterocycles. The number of rotatable bonds is 4. The summed E-state index contributed by atoms with van der Waals surface area (Å²) in [6.45, 7) is 2.20. The van der Waals surface area contributed by atoms with E-state index >= 15 is 0 Å². The van der Waals surface area contributed by atoms with Crippen LogP contribution in [0.4, 0.5) is 4.39 Å². The van der Waals surface area contributed by atoms with E-state index in [0.29, 0.717) is 18.7 Å². The first-order valence-corrected chi connectivity index (χ1v) is 7.43. The summed E-state index contributed by atoms with van der Waals surface area (Å²) in [6, 6.07) is 4.65. The van der Waals surface area contributed by atoms with Gasteiger partial charge in [0.2, 0.25) is 5.91 Å². The lowest BCUT2D eigenvalue weighted by Crippen LogP contribution is -2.41. The highest BCUT2D eigenvalue weighted by Gasteiger charge is 2.25. The van der Waals surface area contributed by atoms with Gasteiger partial charge in [-0.1, -0.05) is 12.2 Å². The average molecular weight is 309 g/mol. The Morgan fingerprint density at radius 3 is 2.95 bits per heavy atom. The Morgan fingerprint density at radius 2 is 2.29 bits per heavy atom. The Kier molecular flexibility index (Phi) is 5.25. The first kappa shape index (κ1) is 15.9. The third-order valence-corrected chi connectivity index (χ3v) is 4.01. The van der Waals surface area contributed by atoms with Crippen LogP contribution in [0.15, 0.2) is 18.2 Å². The molecule has 0 spiro atoms. The minimum absolute atomic E-state index is 0.00682. The van der Waals surface area contributed by atoms with Crippen LogP contribution in [-0.4, -0.2) is 35.9 Å². The van der Waals surface area contributed by atoms with E-state index < -0.39 is 0 Å². The van der Waals surface area contributed by atoms with Gasteiger partial charge in [0, 0.05) is 25.7 Å². The van der Waals surface area contributed by atoms with Gasteiger partial charge < -0.3 is 11.1 Å². The molecule has 1 aliphatic heterocycles. The maximum atomic E-state index is 13.6. The van der Waals surface area contributed by atoms with Gasteiger partial charge in [0.1, 0.15) is 10.8 Å². The topological polar surface area (TPSA) is 58.4 Å².